The summed E-state index contributed by atoms with van der Waals surface area (Å²) in [6.45, 7) is -4.95. The van der Waals surface area contributed by atoms with Crippen LogP contribution in [0.5, 0.6) is 0 Å². The van der Waals surface area contributed by atoms with Gasteiger partial charge in [0.1, 0.15) is 5.41 Å². The quantitative estimate of drug-likeness (QED) is 0.260. The van der Waals surface area contributed by atoms with Crippen molar-refractivity contribution in [2.45, 2.75) is 30.3 Å². The minimum Gasteiger partial charge on any atom is -0.385 e. The molecule has 1 aliphatic rings. The Morgan fingerprint density at radius 2 is 1.35 bits per heavy atom. The maximum Gasteiger partial charge on any atom is 0.237 e. The third-order valence-corrected chi connectivity index (χ3v) is 8.44. The van der Waals surface area contributed by atoms with E-state index in [2.05, 4.69) is 4.90 Å². The maximum atomic E-state index is 14.5. The van der Waals surface area contributed by atoms with Crippen molar-refractivity contribution in [3.8, 4) is 11.1 Å². The van der Waals surface area contributed by atoms with E-state index < -0.39 is 30.9 Å². The lowest BCUT2D eigenvalue weighted by molar-refractivity contribution is -0.133. The molecule has 1 fully saturated rings. The van der Waals surface area contributed by atoms with E-state index in [4.69, 9.17) is 19.8 Å². The van der Waals surface area contributed by atoms with E-state index in [-0.39, 0.29) is 11.3 Å². The van der Waals surface area contributed by atoms with Crippen LogP contribution in [-0.4, -0.2) is 54.4 Å². The number of halogens is 1. The summed E-state index contributed by atoms with van der Waals surface area (Å²) in [7, 11) is 0. The van der Waals surface area contributed by atoms with Crippen LogP contribution in [0.15, 0.2) is 109 Å². The molecular formula is C35H37ClN2O2. The van der Waals surface area contributed by atoms with Gasteiger partial charge in [-0.15, -0.1) is 0 Å². The number of hydrogen-bond acceptors (Lipinski definition) is 3. The molecule has 1 heterocycles. The third kappa shape index (κ3) is 5.71. The molecule has 4 aromatic rings. The second-order valence-electron chi connectivity index (χ2n) is 10.5. The first-order valence-corrected chi connectivity index (χ1v) is 13.9. The highest BCUT2D eigenvalue weighted by atomic mass is 35.5. The molecule has 0 radical (unpaired) electrons. The number of aliphatic hydroxyl groups is 1. The summed E-state index contributed by atoms with van der Waals surface area (Å²) in [6.07, 6.45) is 1.06. The number of rotatable bonds is 8. The number of likely N-dealkylation sites (N-methyl/N-ethyl adjacent to an activating group) is 1. The number of benzene rings is 4. The van der Waals surface area contributed by atoms with Crippen molar-refractivity contribution in [3.05, 3.63) is 131 Å². The predicted molar refractivity (Wildman–Crippen MR) is 163 cm³/mol. The monoisotopic (exact) mass is 558 g/mol. The van der Waals surface area contributed by atoms with Gasteiger partial charge in [-0.25, -0.2) is 0 Å². The molecule has 0 unspecified atom stereocenters. The highest BCUT2D eigenvalue weighted by Crippen LogP contribution is 2.39. The molecule has 1 saturated heterocycles. The Morgan fingerprint density at radius 3 is 1.85 bits per heavy atom. The maximum absolute atomic E-state index is 14.5. The average Bonchev–Trinajstić information content (AvgIpc) is 3.02. The van der Waals surface area contributed by atoms with Gasteiger partial charge < -0.3 is 14.9 Å². The Hall–Kier alpha value is -3.44. The summed E-state index contributed by atoms with van der Waals surface area (Å²) in [6, 6.07) is 33.1. The number of nitrogens with zero attached hydrogens (tertiary/aromatic N) is 2. The van der Waals surface area contributed by atoms with E-state index in [1.54, 1.807) is 60.7 Å². The Bertz CT molecular complexity index is 1550. The second-order valence-corrected chi connectivity index (χ2v) is 10.9. The fourth-order valence-electron chi connectivity index (χ4n) is 5.82. The standard InChI is InChI=1S/C35H37ClN2O2/c1-37(2)33(39)35(30-9-5-3-6-10-30,31-11-7-4-8-12-31)23-26-38-24-21-34(40,22-25-38)29-17-13-27(14-18-29)28-15-19-32(36)20-16-28/h3-20,40H,21-26H2,1-2H3/i1D3,2D3. The number of carbonyl (C=O) groups excluding carboxylic acids is 1. The molecule has 5 heteroatoms. The van der Waals surface area contributed by atoms with Gasteiger partial charge in [-0.2, -0.15) is 0 Å². The summed E-state index contributed by atoms with van der Waals surface area (Å²) in [5, 5.41) is 12.3. The number of hydrogen-bond donors (Lipinski definition) is 1. The number of piperidine rings is 1. The van der Waals surface area contributed by atoms with E-state index >= 15 is 0 Å². The minimum atomic E-state index is -3.19. The zero-order chi connectivity index (χ0) is 33.2. The molecule has 206 valence electrons. The Kier molecular flexibility index (Phi) is 6.38. The predicted octanol–water partition coefficient (Wildman–Crippen LogP) is 6.76. The average molecular weight is 559 g/mol. The van der Waals surface area contributed by atoms with Crippen molar-refractivity contribution < 1.29 is 18.1 Å². The van der Waals surface area contributed by atoms with Crippen molar-refractivity contribution in [2.75, 3.05) is 33.6 Å². The van der Waals surface area contributed by atoms with Gasteiger partial charge >= 0.3 is 0 Å². The summed E-state index contributed by atoms with van der Waals surface area (Å²) < 4.78 is 48.2. The lowest BCUT2D eigenvalue weighted by atomic mass is 9.70. The van der Waals surface area contributed by atoms with Gasteiger partial charge in [-0.1, -0.05) is 109 Å². The number of carbonyl (C=O) groups is 1. The van der Waals surface area contributed by atoms with Crippen LogP contribution in [0.2, 0.25) is 5.02 Å². The summed E-state index contributed by atoms with van der Waals surface area (Å²) in [5.41, 5.74) is 1.29. The molecule has 0 spiro atoms. The number of likely N-dealkylation sites (tertiary alicyclic amines) is 1. The molecule has 5 rings (SSSR count). The zero-order valence-corrected chi connectivity index (χ0v) is 23.0. The highest BCUT2D eigenvalue weighted by molar-refractivity contribution is 6.30. The van der Waals surface area contributed by atoms with Crippen molar-refractivity contribution in [3.63, 3.8) is 0 Å². The summed E-state index contributed by atoms with van der Waals surface area (Å²) in [4.78, 5) is 16.7. The van der Waals surface area contributed by atoms with Crippen molar-refractivity contribution >= 4 is 17.5 Å². The Labute approximate surface area is 251 Å². The molecule has 4 aromatic carbocycles. The smallest absolute Gasteiger partial charge is 0.237 e. The summed E-state index contributed by atoms with van der Waals surface area (Å²) >= 11 is 6.03. The van der Waals surface area contributed by atoms with Gasteiger partial charge in [0.15, 0.2) is 0 Å². The van der Waals surface area contributed by atoms with Crippen LogP contribution >= 0.6 is 11.6 Å². The van der Waals surface area contributed by atoms with Gasteiger partial charge in [-0.05, 0) is 65.8 Å². The lowest BCUT2D eigenvalue weighted by Crippen LogP contribution is -2.48. The van der Waals surface area contributed by atoms with E-state index in [9.17, 15) is 9.90 Å². The molecule has 0 saturated carbocycles. The van der Waals surface area contributed by atoms with E-state index in [1.807, 2.05) is 48.5 Å². The topological polar surface area (TPSA) is 43.8 Å². The molecule has 1 N–H and O–H groups in total. The lowest BCUT2D eigenvalue weighted by Gasteiger charge is -2.41. The van der Waals surface area contributed by atoms with Crippen molar-refractivity contribution in [1.29, 1.82) is 0 Å². The van der Waals surface area contributed by atoms with Crippen molar-refractivity contribution in [2.24, 2.45) is 0 Å². The Balaban J connectivity index is 1.40. The van der Waals surface area contributed by atoms with E-state index in [1.165, 1.54) is 0 Å². The molecule has 40 heavy (non-hydrogen) atoms. The minimum absolute atomic E-state index is 0.0860. The van der Waals surface area contributed by atoms with E-state index in [0.29, 0.717) is 48.6 Å². The molecule has 0 bridgehead atoms. The van der Waals surface area contributed by atoms with Gasteiger partial charge in [0.05, 0.1) is 5.60 Å². The molecule has 1 amide bonds. The number of amides is 1. The van der Waals surface area contributed by atoms with Gasteiger partial charge in [0, 0.05) is 40.3 Å². The molecule has 0 aromatic heterocycles. The molecular weight excluding hydrogens is 516 g/mol. The zero-order valence-electron chi connectivity index (χ0n) is 28.3. The SMILES string of the molecule is [2H]C([2H])([2H])N(C(=O)C(CCN1CCC(O)(c2ccc(-c3ccc(Cl)cc3)cc2)CC1)(c1ccccc1)c1ccccc1)C([2H])([2H])[2H]. The van der Waals surface area contributed by atoms with Crippen LogP contribution < -0.4 is 0 Å². The van der Waals surface area contributed by atoms with Crippen LogP contribution in [0.1, 0.15) is 44.2 Å². The highest BCUT2D eigenvalue weighted by Gasteiger charge is 2.43. The molecule has 4 nitrogen and oxygen atoms in total. The first kappa shape index (κ1) is 21.3. The second kappa shape index (κ2) is 12.0. The van der Waals surface area contributed by atoms with Gasteiger partial charge in [-0.3, -0.25) is 4.79 Å². The van der Waals surface area contributed by atoms with Crippen molar-refractivity contribution in [1.82, 2.24) is 9.80 Å². The Morgan fingerprint density at radius 1 is 0.850 bits per heavy atom. The molecule has 0 aliphatic carbocycles. The van der Waals surface area contributed by atoms with Crippen LogP contribution in [0.25, 0.3) is 11.1 Å². The van der Waals surface area contributed by atoms with Crippen LogP contribution in [0.3, 0.4) is 0 Å². The largest absolute Gasteiger partial charge is 0.385 e. The van der Waals surface area contributed by atoms with Crippen LogP contribution in [0, 0.1) is 0 Å². The fourth-order valence-corrected chi connectivity index (χ4v) is 5.95. The molecule has 1 aliphatic heterocycles. The fraction of sp³-hybridized carbons (Fsp3) is 0.286. The first-order chi connectivity index (χ1) is 21.7. The normalized spacial score (nSPS) is 18.4. The van der Waals surface area contributed by atoms with Crippen LogP contribution in [0.4, 0.5) is 0 Å². The third-order valence-electron chi connectivity index (χ3n) is 8.19. The summed E-state index contributed by atoms with van der Waals surface area (Å²) in [5.74, 6) is -1.00. The van der Waals surface area contributed by atoms with E-state index in [0.717, 1.165) is 16.7 Å². The van der Waals surface area contributed by atoms with Crippen LogP contribution in [-0.2, 0) is 15.8 Å². The first-order valence-electron chi connectivity index (χ1n) is 16.5. The van der Waals surface area contributed by atoms with Gasteiger partial charge in [0.25, 0.3) is 0 Å². The molecule has 0 atom stereocenters. The van der Waals surface area contributed by atoms with Gasteiger partial charge in [0.2, 0.25) is 5.91 Å².